The van der Waals surface area contributed by atoms with Crippen LogP contribution in [-0.4, -0.2) is 28.6 Å². The standard InChI is InChI=1S/C15H15N5O2.ClH/c16-15(19-17-9-11-1-5-13(21)6-2-11)20-18-10-12-3-7-14(22)8-4-12;/h1-10,21-22H,(H3,16,19,20);1H/b17-9+,18-10+;. The van der Waals surface area contributed by atoms with Crippen molar-refractivity contribution < 1.29 is 10.2 Å². The number of phenolic OH excluding ortho intramolecular Hbond substituents is 2. The molecule has 0 heterocycles. The van der Waals surface area contributed by atoms with Crippen LogP contribution in [0.1, 0.15) is 11.1 Å². The molecule has 0 saturated carbocycles. The Bertz CT molecular complexity index is 697. The van der Waals surface area contributed by atoms with Gasteiger partial charge < -0.3 is 15.9 Å². The first-order chi connectivity index (χ1) is 10.6. The van der Waals surface area contributed by atoms with Crippen LogP contribution in [0.25, 0.3) is 0 Å². The third kappa shape index (κ3) is 6.49. The molecule has 0 atom stereocenters. The van der Waals surface area contributed by atoms with E-state index in [1.165, 1.54) is 12.4 Å². The molecule has 2 aromatic carbocycles. The fourth-order valence-electron chi connectivity index (χ4n) is 1.47. The van der Waals surface area contributed by atoms with Gasteiger partial charge in [-0.25, -0.2) is 5.43 Å². The molecule has 2 rings (SSSR count). The Labute approximate surface area is 139 Å². The summed E-state index contributed by atoms with van der Waals surface area (Å²) in [5.41, 5.74) is 9.68. The molecule has 23 heavy (non-hydrogen) atoms. The van der Waals surface area contributed by atoms with Gasteiger partial charge in [0.25, 0.3) is 0 Å². The second kappa shape index (κ2) is 9.06. The maximum absolute atomic E-state index is 9.15. The number of guanidine groups is 1. The number of phenols is 2. The van der Waals surface area contributed by atoms with Gasteiger partial charge in [-0.1, -0.05) is 0 Å². The number of hydrogen-bond donors (Lipinski definition) is 4. The smallest absolute Gasteiger partial charge is 0.234 e. The highest BCUT2D eigenvalue weighted by molar-refractivity contribution is 5.85. The van der Waals surface area contributed by atoms with E-state index in [-0.39, 0.29) is 29.9 Å². The predicted octanol–water partition coefficient (Wildman–Crippen LogP) is 1.79. The first kappa shape index (κ1) is 18.0. The van der Waals surface area contributed by atoms with Crippen LogP contribution in [0.4, 0.5) is 0 Å². The van der Waals surface area contributed by atoms with Crippen molar-refractivity contribution in [2.45, 2.75) is 0 Å². The van der Waals surface area contributed by atoms with Gasteiger partial charge >= 0.3 is 0 Å². The Morgan fingerprint density at radius 2 is 1.35 bits per heavy atom. The van der Waals surface area contributed by atoms with Gasteiger partial charge in [0.2, 0.25) is 5.96 Å². The number of nitrogens with one attached hydrogen (secondary N) is 1. The van der Waals surface area contributed by atoms with Crippen LogP contribution in [0.15, 0.2) is 63.8 Å². The lowest BCUT2D eigenvalue weighted by Crippen LogP contribution is -2.26. The molecular weight excluding hydrogens is 318 g/mol. The Morgan fingerprint density at radius 3 is 1.87 bits per heavy atom. The summed E-state index contributed by atoms with van der Waals surface area (Å²) < 4.78 is 0. The van der Waals surface area contributed by atoms with Gasteiger partial charge in [0.1, 0.15) is 11.5 Å². The van der Waals surface area contributed by atoms with Crippen LogP contribution in [-0.2, 0) is 0 Å². The molecule has 0 aliphatic heterocycles. The van der Waals surface area contributed by atoms with Gasteiger partial charge in [-0.2, -0.15) is 10.2 Å². The number of aromatic hydroxyl groups is 2. The molecule has 0 amide bonds. The van der Waals surface area contributed by atoms with Crippen molar-refractivity contribution in [2.24, 2.45) is 21.0 Å². The van der Waals surface area contributed by atoms with Gasteiger partial charge in [0.05, 0.1) is 12.4 Å². The maximum atomic E-state index is 9.15. The highest BCUT2D eigenvalue weighted by Gasteiger charge is 1.90. The van der Waals surface area contributed by atoms with Gasteiger partial charge in [0.15, 0.2) is 0 Å². The van der Waals surface area contributed by atoms with E-state index >= 15 is 0 Å². The van der Waals surface area contributed by atoms with Gasteiger partial charge in [-0.15, -0.1) is 17.5 Å². The number of halogens is 1. The number of hydrazone groups is 1. The van der Waals surface area contributed by atoms with E-state index in [4.69, 9.17) is 15.9 Å². The number of benzene rings is 2. The van der Waals surface area contributed by atoms with E-state index in [1.807, 2.05) is 0 Å². The third-order valence-corrected chi connectivity index (χ3v) is 2.55. The van der Waals surface area contributed by atoms with Crippen molar-refractivity contribution >= 4 is 30.8 Å². The summed E-state index contributed by atoms with van der Waals surface area (Å²) in [6.07, 6.45) is 3.03. The van der Waals surface area contributed by atoms with Crippen molar-refractivity contribution in [3.8, 4) is 11.5 Å². The summed E-state index contributed by atoms with van der Waals surface area (Å²) in [6, 6.07) is 13.0. The summed E-state index contributed by atoms with van der Waals surface area (Å²) in [6.45, 7) is 0. The van der Waals surface area contributed by atoms with E-state index < -0.39 is 0 Å². The van der Waals surface area contributed by atoms with Crippen molar-refractivity contribution in [3.63, 3.8) is 0 Å². The predicted molar refractivity (Wildman–Crippen MR) is 93.4 cm³/mol. The maximum Gasteiger partial charge on any atom is 0.234 e. The Hall–Kier alpha value is -3.06. The third-order valence-electron chi connectivity index (χ3n) is 2.55. The first-order valence-electron chi connectivity index (χ1n) is 6.37. The lowest BCUT2D eigenvalue weighted by Gasteiger charge is -1.97. The summed E-state index contributed by atoms with van der Waals surface area (Å²) in [7, 11) is 0. The highest BCUT2D eigenvalue weighted by atomic mass is 35.5. The molecule has 2 aromatic rings. The van der Waals surface area contributed by atoms with Crippen LogP contribution >= 0.6 is 12.4 Å². The molecule has 120 valence electrons. The van der Waals surface area contributed by atoms with E-state index in [0.717, 1.165) is 11.1 Å². The lowest BCUT2D eigenvalue weighted by molar-refractivity contribution is 0.475. The van der Waals surface area contributed by atoms with Gasteiger partial charge in [-0.3, -0.25) is 0 Å². The highest BCUT2D eigenvalue weighted by Crippen LogP contribution is 2.08. The monoisotopic (exact) mass is 333 g/mol. The molecular formula is C15H16ClN5O2. The van der Waals surface area contributed by atoms with E-state index in [0.29, 0.717) is 0 Å². The minimum Gasteiger partial charge on any atom is -0.508 e. The van der Waals surface area contributed by atoms with E-state index in [2.05, 4.69) is 20.7 Å². The molecule has 0 fully saturated rings. The van der Waals surface area contributed by atoms with Crippen LogP contribution in [0.5, 0.6) is 11.5 Å². The Kier molecular flexibility index (Phi) is 7.09. The average molecular weight is 334 g/mol. The minimum atomic E-state index is 0. The zero-order valence-electron chi connectivity index (χ0n) is 12.0. The normalized spacial score (nSPS) is 11.6. The second-order valence-electron chi connectivity index (χ2n) is 4.28. The van der Waals surface area contributed by atoms with Crippen LogP contribution < -0.4 is 11.2 Å². The van der Waals surface area contributed by atoms with Crippen molar-refractivity contribution in [1.29, 1.82) is 0 Å². The van der Waals surface area contributed by atoms with Crippen molar-refractivity contribution in [3.05, 3.63) is 59.7 Å². The molecule has 0 aliphatic rings. The fraction of sp³-hybridized carbons (Fsp3) is 0. The average Bonchev–Trinajstić information content (AvgIpc) is 2.51. The lowest BCUT2D eigenvalue weighted by atomic mass is 10.2. The molecule has 7 nitrogen and oxygen atoms in total. The molecule has 0 spiro atoms. The summed E-state index contributed by atoms with van der Waals surface area (Å²) in [5, 5.41) is 29.7. The molecule has 0 aliphatic carbocycles. The number of hydrogen-bond acceptors (Lipinski definition) is 5. The summed E-state index contributed by atoms with van der Waals surface area (Å²) in [4.78, 5) is 0. The Morgan fingerprint density at radius 1 is 0.870 bits per heavy atom. The number of rotatable bonds is 4. The minimum absolute atomic E-state index is 0. The van der Waals surface area contributed by atoms with E-state index in [1.54, 1.807) is 48.5 Å². The zero-order chi connectivity index (χ0) is 15.8. The molecule has 5 N–H and O–H groups in total. The van der Waals surface area contributed by atoms with Crippen molar-refractivity contribution in [1.82, 2.24) is 5.43 Å². The molecule has 0 radical (unpaired) electrons. The summed E-state index contributed by atoms with van der Waals surface area (Å²) in [5.74, 6) is 0.408. The Balaban J connectivity index is 0.00000264. The molecule has 0 aromatic heterocycles. The quantitative estimate of drug-likeness (QED) is 0.388. The zero-order valence-corrected chi connectivity index (χ0v) is 12.8. The van der Waals surface area contributed by atoms with Crippen LogP contribution in [0, 0.1) is 0 Å². The van der Waals surface area contributed by atoms with E-state index in [9.17, 15) is 0 Å². The number of nitrogens with two attached hydrogens (primary N) is 1. The van der Waals surface area contributed by atoms with Gasteiger partial charge in [0, 0.05) is 0 Å². The van der Waals surface area contributed by atoms with Crippen molar-refractivity contribution in [2.75, 3.05) is 0 Å². The second-order valence-corrected chi connectivity index (χ2v) is 4.28. The summed E-state index contributed by atoms with van der Waals surface area (Å²) >= 11 is 0. The van der Waals surface area contributed by atoms with Gasteiger partial charge in [-0.05, 0) is 59.7 Å². The topological polar surface area (TPSA) is 116 Å². The molecule has 0 bridgehead atoms. The first-order valence-corrected chi connectivity index (χ1v) is 6.37. The SMILES string of the molecule is Cl.NC(=N/N=C/c1ccc(O)cc1)N/N=C/c1ccc(O)cc1. The van der Waals surface area contributed by atoms with Crippen LogP contribution in [0.3, 0.4) is 0 Å². The largest absolute Gasteiger partial charge is 0.508 e. The van der Waals surface area contributed by atoms with Crippen LogP contribution in [0.2, 0.25) is 0 Å². The molecule has 8 heteroatoms. The fourth-order valence-corrected chi connectivity index (χ4v) is 1.47. The number of nitrogens with zero attached hydrogens (tertiary/aromatic N) is 3. The molecule has 0 unspecified atom stereocenters. The molecule has 0 saturated heterocycles.